The van der Waals surface area contributed by atoms with Gasteiger partial charge >= 0.3 is 0 Å². The van der Waals surface area contributed by atoms with Gasteiger partial charge in [-0.05, 0) is 43.2 Å². The molecule has 2 aromatic rings. The van der Waals surface area contributed by atoms with Crippen LogP contribution in [0.5, 0.6) is 0 Å². The number of anilines is 1. The number of fused-ring (bicyclic) bond motifs is 6. The molecule has 3 aliphatic rings. The third-order valence-electron chi connectivity index (χ3n) is 8.27. The summed E-state index contributed by atoms with van der Waals surface area (Å²) in [5.74, 6) is 0.0373. The summed E-state index contributed by atoms with van der Waals surface area (Å²) in [7, 11) is 0. The number of benzene rings is 1. The summed E-state index contributed by atoms with van der Waals surface area (Å²) in [5, 5.41) is 19.0. The molecule has 6 nitrogen and oxygen atoms in total. The van der Waals surface area contributed by atoms with Gasteiger partial charge in [0.05, 0.1) is 16.8 Å². The molecule has 2 aliphatic carbocycles. The van der Waals surface area contributed by atoms with Crippen molar-refractivity contribution in [2.45, 2.75) is 63.8 Å². The molecule has 6 heteroatoms. The number of rotatable bonds is 1. The molecule has 0 saturated heterocycles. The van der Waals surface area contributed by atoms with E-state index in [-0.39, 0.29) is 28.8 Å². The van der Waals surface area contributed by atoms with Gasteiger partial charge in [-0.3, -0.25) is 4.79 Å². The Balaban J connectivity index is 1.76. The molecule has 30 heavy (non-hydrogen) atoms. The normalized spacial score (nSPS) is 29.8. The number of nitrogens with zero attached hydrogens (tertiary/aromatic N) is 5. The van der Waals surface area contributed by atoms with Crippen molar-refractivity contribution in [2.75, 3.05) is 4.90 Å². The molecule has 1 saturated carbocycles. The summed E-state index contributed by atoms with van der Waals surface area (Å²) < 4.78 is 0. The lowest BCUT2D eigenvalue weighted by Crippen LogP contribution is -2.54. The van der Waals surface area contributed by atoms with Crippen LogP contribution in [0.15, 0.2) is 24.3 Å². The minimum absolute atomic E-state index is 0.00486. The Morgan fingerprint density at radius 3 is 2.37 bits per heavy atom. The minimum Gasteiger partial charge on any atom is -0.308 e. The van der Waals surface area contributed by atoms with Crippen LogP contribution in [0.1, 0.15) is 68.9 Å². The van der Waals surface area contributed by atoms with Crippen molar-refractivity contribution in [1.29, 1.82) is 10.5 Å². The molecule has 1 aliphatic heterocycles. The van der Waals surface area contributed by atoms with Gasteiger partial charge in [0.1, 0.15) is 12.1 Å². The van der Waals surface area contributed by atoms with Crippen molar-refractivity contribution in [3.8, 4) is 12.1 Å². The molecule has 1 amide bonds. The first-order valence-corrected chi connectivity index (χ1v) is 10.4. The first kappa shape index (κ1) is 18.8. The van der Waals surface area contributed by atoms with Gasteiger partial charge in [0, 0.05) is 17.1 Å². The molecule has 0 spiro atoms. The molecular weight excluding hydrogens is 374 g/mol. The number of aromatic nitrogens is 2. The SMILES string of the molecule is CC1Cc2ccccc2N1C(=O)C12CCC(C)(c3nc(C#N)c(C#N)nc31)C2(C)C. The van der Waals surface area contributed by atoms with Crippen molar-refractivity contribution >= 4 is 11.6 Å². The van der Waals surface area contributed by atoms with E-state index in [1.54, 1.807) is 0 Å². The molecule has 3 atom stereocenters. The third-order valence-corrected chi connectivity index (χ3v) is 8.27. The van der Waals surface area contributed by atoms with Gasteiger partial charge in [0.15, 0.2) is 11.4 Å². The second-order valence-electron chi connectivity index (χ2n) is 9.56. The van der Waals surface area contributed by atoms with Crippen LogP contribution < -0.4 is 4.90 Å². The Bertz CT molecular complexity index is 1200. The van der Waals surface area contributed by atoms with E-state index in [4.69, 9.17) is 0 Å². The van der Waals surface area contributed by atoms with Crippen molar-refractivity contribution in [3.63, 3.8) is 0 Å². The predicted octanol–water partition coefficient (Wildman–Crippen LogP) is 3.53. The Hall–Kier alpha value is -3.25. The van der Waals surface area contributed by atoms with E-state index >= 15 is 0 Å². The smallest absolute Gasteiger partial charge is 0.240 e. The number of nitriles is 2. The number of carbonyl (C=O) groups is 1. The summed E-state index contributed by atoms with van der Waals surface area (Å²) in [6.07, 6.45) is 2.29. The second-order valence-corrected chi connectivity index (χ2v) is 9.56. The van der Waals surface area contributed by atoms with E-state index < -0.39 is 10.8 Å². The zero-order valence-corrected chi connectivity index (χ0v) is 17.7. The highest BCUT2D eigenvalue weighted by molar-refractivity contribution is 6.05. The van der Waals surface area contributed by atoms with Crippen molar-refractivity contribution in [1.82, 2.24) is 9.97 Å². The Morgan fingerprint density at radius 2 is 1.70 bits per heavy atom. The molecule has 150 valence electrons. The maximum absolute atomic E-state index is 14.4. The molecule has 1 aromatic carbocycles. The number of carbonyl (C=O) groups excluding carboxylic acids is 1. The van der Waals surface area contributed by atoms with E-state index in [2.05, 4.69) is 43.7 Å². The van der Waals surface area contributed by atoms with E-state index in [0.29, 0.717) is 17.8 Å². The van der Waals surface area contributed by atoms with Crippen LogP contribution in [-0.4, -0.2) is 21.9 Å². The summed E-state index contributed by atoms with van der Waals surface area (Å²) in [6, 6.07) is 12.1. The molecule has 3 unspecified atom stereocenters. The quantitative estimate of drug-likeness (QED) is 0.734. The topological polar surface area (TPSA) is 93.7 Å². The highest BCUT2D eigenvalue weighted by Gasteiger charge is 2.74. The van der Waals surface area contributed by atoms with E-state index in [1.165, 1.54) is 5.56 Å². The number of hydrogen-bond donors (Lipinski definition) is 0. The fraction of sp³-hybridized carbons (Fsp3) is 0.458. The first-order valence-electron chi connectivity index (χ1n) is 10.4. The van der Waals surface area contributed by atoms with Gasteiger partial charge in [0.2, 0.25) is 5.91 Å². The van der Waals surface area contributed by atoms with Crippen LogP contribution in [-0.2, 0) is 22.0 Å². The van der Waals surface area contributed by atoms with E-state index in [1.807, 2.05) is 35.2 Å². The van der Waals surface area contributed by atoms with Crippen LogP contribution in [0, 0.1) is 28.1 Å². The number of para-hydroxylation sites is 1. The summed E-state index contributed by atoms with van der Waals surface area (Å²) in [5.41, 5.74) is 1.80. The minimum atomic E-state index is -0.866. The summed E-state index contributed by atoms with van der Waals surface area (Å²) in [4.78, 5) is 25.5. The average molecular weight is 397 g/mol. The fourth-order valence-corrected chi connectivity index (χ4v) is 6.19. The van der Waals surface area contributed by atoms with Gasteiger partial charge in [-0.25, -0.2) is 9.97 Å². The van der Waals surface area contributed by atoms with Crippen LogP contribution in [0.2, 0.25) is 0 Å². The monoisotopic (exact) mass is 397 g/mol. The highest BCUT2D eigenvalue weighted by atomic mass is 16.2. The van der Waals surface area contributed by atoms with Crippen LogP contribution in [0.25, 0.3) is 0 Å². The predicted molar refractivity (Wildman–Crippen MR) is 111 cm³/mol. The van der Waals surface area contributed by atoms with Gasteiger partial charge in [0.25, 0.3) is 0 Å². The Kier molecular flexibility index (Phi) is 3.54. The lowest BCUT2D eigenvalue weighted by Gasteiger charge is -2.42. The third kappa shape index (κ3) is 1.86. The van der Waals surface area contributed by atoms with Gasteiger partial charge < -0.3 is 4.90 Å². The molecule has 2 bridgehead atoms. The van der Waals surface area contributed by atoms with E-state index in [0.717, 1.165) is 18.5 Å². The summed E-state index contributed by atoms with van der Waals surface area (Å²) in [6.45, 7) is 8.44. The van der Waals surface area contributed by atoms with Gasteiger partial charge in [-0.2, -0.15) is 10.5 Å². The molecule has 1 aromatic heterocycles. The second kappa shape index (κ2) is 5.67. The number of amides is 1. The molecule has 0 radical (unpaired) electrons. The van der Waals surface area contributed by atoms with Crippen molar-refractivity contribution in [3.05, 3.63) is 52.6 Å². The highest BCUT2D eigenvalue weighted by Crippen LogP contribution is 2.70. The Labute approximate surface area is 176 Å². The zero-order valence-electron chi connectivity index (χ0n) is 17.7. The lowest BCUT2D eigenvalue weighted by atomic mass is 9.63. The van der Waals surface area contributed by atoms with Crippen molar-refractivity contribution in [2.24, 2.45) is 5.41 Å². The molecule has 1 fully saturated rings. The van der Waals surface area contributed by atoms with Crippen LogP contribution >= 0.6 is 0 Å². The van der Waals surface area contributed by atoms with Crippen LogP contribution in [0.4, 0.5) is 5.69 Å². The molecule has 2 heterocycles. The average Bonchev–Trinajstić information content (AvgIpc) is 3.23. The van der Waals surface area contributed by atoms with Crippen LogP contribution in [0.3, 0.4) is 0 Å². The molecule has 0 N–H and O–H groups in total. The maximum Gasteiger partial charge on any atom is 0.240 e. The number of hydrogen-bond acceptors (Lipinski definition) is 5. The standard InChI is InChI=1S/C24H23N5O/c1-14-11-15-7-5-6-8-18(15)29(14)21(30)24-10-9-23(4,22(24,2)3)19-20(24)28-17(13-26)16(12-25)27-19/h5-8,14H,9-11H2,1-4H3. The first-order chi connectivity index (χ1) is 14.2. The van der Waals surface area contributed by atoms with E-state index in [9.17, 15) is 15.3 Å². The summed E-state index contributed by atoms with van der Waals surface area (Å²) >= 11 is 0. The Morgan fingerprint density at radius 1 is 1.07 bits per heavy atom. The van der Waals surface area contributed by atoms with Gasteiger partial charge in [-0.15, -0.1) is 0 Å². The zero-order chi connectivity index (χ0) is 21.5. The fourth-order valence-electron chi connectivity index (χ4n) is 6.19. The molecular formula is C24H23N5O. The largest absolute Gasteiger partial charge is 0.308 e. The maximum atomic E-state index is 14.4. The molecule has 5 rings (SSSR count). The van der Waals surface area contributed by atoms with Crippen molar-refractivity contribution < 1.29 is 4.79 Å². The lowest BCUT2D eigenvalue weighted by molar-refractivity contribution is -0.128. The van der Waals surface area contributed by atoms with Gasteiger partial charge in [-0.1, -0.05) is 39.0 Å².